The smallest absolute Gasteiger partial charge is 0.323 e. The number of carbonyl (C=O) groups excluding carboxylic acids is 1. The number of carbonyl (C=O) groups is 1. The summed E-state index contributed by atoms with van der Waals surface area (Å²) in [4.78, 5) is 23.7. The maximum absolute atomic E-state index is 13.6. The van der Waals surface area contributed by atoms with E-state index in [2.05, 4.69) is 30.8 Å². The molecule has 1 saturated heterocycles. The van der Waals surface area contributed by atoms with Gasteiger partial charge in [-0.15, -0.1) is 0 Å². The fraction of sp³-hybridized carbons (Fsp3) is 0.292. The van der Waals surface area contributed by atoms with Gasteiger partial charge in [-0.25, -0.2) is 14.2 Å². The maximum atomic E-state index is 13.6. The zero-order valence-electron chi connectivity index (χ0n) is 18.3. The Bertz CT molecular complexity index is 1100. The summed E-state index contributed by atoms with van der Waals surface area (Å²) < 4.78 is 13.6. The van der Waals surface area contributed by atoms with Crippen LogP contribution in [0.25, 0.3) is 0 Å². The minimum atomic E-state index is -0.438. The van der Waals surface area contributed by atoms with Crippen LogP contribution in [0.5, 0.6) is 0 Å². The molecule has 1 aliphatic rings. The van der Waals surface area contributed by atoms with Gasteiger partial charge in [0.05, 0.1) is 0 Å². The van der Waals surface area contributed by atoms with Crippen molar-refractivity contribution in [3.63, 3.8) is 0 Å². The molecule has 1 aliphatic heterocycles. The van der Waals surface area contributed by atoms with E-state index in [0.717, 1.165) is 36.2 Å². The summed E-state index contributed by atoms with van der Waals surface area (Å²) in [7, 11) is 0. The van der Waals surface area contributed by atoms with E-state index in [1.54, 1.807) is 31.2 Å². The van der Waals surface area contributed by atoms with Crippen molar-refractivity contribution in [2.75, 3.05) is 33.9 Å². The minimum absolute atomic E-state index is 0.360. The van der Waals surface area contributed by atoms with Crippen LogP contribution in [0.3, 0.4) is 0 Å². The van der Waals surface area contributed by atoms with Crippen LogP contribution in [0.2, 0.25) is 0 Å². The second-order valence-corrected chi connectivity index (χ2v) is 7.99. The fourth-order valence-electron chi connectivity index (χ4n) is 3.60. The van der Waals surface area contributed by atoms with Crippen LogP contribution in [0.15, 0.2) is 48.5 Å². The highest BCUT2D eigenvalue weighted by molar-refractivity contribution is 5.99. The van der Waals surface area contributed by atoms with Gasteiger partial charge < -0.3 is 20.9 Å². The zero-order valence-corrected chi connectivity index (χ0v) is 18.3. The van der Waals surface area contributed by atoms with Crippen molar-refractivity contribution in [1.82, 2.24) is 9.97 Å². The molecule has 166 valence electrons. The molecule has 4 rings (SSSR count). The van der Waals surface area contributed by atoms with Gasteiger partial charge in [-0.3, -0.25) is 0 Å². The molecule has 7 nitrogen and oxygen atoms in total. The van der Waals surface area contributed by atoms with Gasteiger partial charge in [0, 0.05) is 41.9 Å². The Balaban J connectivity index is 1.38. The standard InChI is InChI=1S/C24H27FN6O/c1-16-6-7-20(15-21(16)25)29-24(32)28-19-10-8-18(9-11-19)27-22-14-17(2)26-23(30-22)31-12-4-3-5-13-31/h6-11,14-15H,3-5,12-13H2,1-2H3,(H,26,27,30)(H2,28,29,32). The van der Waals surface area contributed by atoms with Gasteiger partial charge >= 0.3 is 6.03 Å². The van der Waals surface area contributed by atoms with E-state index in [1.807, 2.05) is 25.1 Å². The molecular formula is C24H27FN6O. The van der Waals surface area contributed by atoms with Crippen LogP contribution >= 0.6 is 0 Å². The first-order valence-electron chi connectivity index (χ1n) is 10.8. The van der Waals surface area contributed by atoms with E-state index in [0.29, 0.717) is 16.9 Å². The predicted molar refractivity (Wildman–Crippen MR) is 126 cm³/mol. The summed E-state index contributed by atoms with van der Waals surface area (Å²) in [6, 6.07) is 13.3. The number of hydrogen-bond donors (Lipinski definition) is 3. The molecule has 0 atom stereocenters. The SMILES string of the molecule is Cc1cc(Nc2ccc(NC(=O)Nc3ccc(C)c(F)c3)cc2)nc(N2CCCCC2)n1. The molecule has 0 radical (unpaired) electrons. The molecule has 0 bridgehead atoms. The van der Waals surface area contributed by atoms with Crippen molar-refractivity contribution >= 4 is 34.9 Å². The Morgan fingerprint density at radius 3 is 2.25 bits per heavy atom. The normalized spacial score (nSPS) is 13.5. The molecule has 2 aromatic carbocycles. The highest BCUT2D eigenvalue weighted by Gasteiger charge is 2.15. The van der Waals surface area contributed by atoms with Crippen LogP contribution < -0.4 is 20.9 Å². The van der Waals surface area contributed by atoms with Gasteiger partial charge in [0.25, 0.3) is 0 Å². The number of nitrogens with one attached hydrogen (secondary N) is 3. The number of aryl methyl sites for hydroxylation is 2. The lowest BCUT2D eigenvalue weighted by Crippen LogP contribution is -2.31. The first-order chi connectivity index (χ1) is 15.5. The molecule has 8 heteroatoms. The van der Waals surface area contributed by atoms with Crippen LogP contribution in [-0.4, -0.2) is 29.1 Å². The summed E-state index contributed by atoms with van der Waals surface area (Å²) in [6.07, 6.45) is 3.59. The van der Waals surface area contributed by atoms with E-state index in [-0.39, 0.29) is 5.82 Å². The summed E-state index contributed by atoms with van der Waals surface area (Å²) in [5, 5.41) is 8.68. The van der Waals surface area contributed by atoms with Gasteiger partial charge in [0.2, 0.25) is 5.95 Å². The average Bonchev–Trinajstić information content (AvgIpc) is 2.78. The molecule has 0 aliphatic carbocycles. The average molecular weight is 435 g/mol. The van der Waals surface area contributed by atoms with E-state index in [9.17, 15) is 9.18 Å². The predicted octanol–water partition coefficient (Wildman–Crippen LogP) is 5.61. The Labute approximate surface area is 187 Å². The third kappa shape index (κ3) is 5.51. The Hall–Kier alpha value is -3.68. The minimum Gasteiger partial charge on any atom is -0.341 e. The van der Waals surface area contributed by atoms with Crippen molar-refractivity contribution in [3.8, 4) is 0 Å². The first-order valence-corrected chi connectivity index (χ1v) is 10.8. The second kappa shape index (κ2) is 9.64. The van der Waals surface area contributed by atoms with Crippen molar-refractivity contribution < 1.29 is 9.18 Å². The largest absolute Gasteiger partial charge is 0.341 e. The molecule has 32 heavy (non-hydrogen) atoms. The van der Waals surface area contributed by atoms with Gasteiger partial charge in [0.1, 0.15) is 11.6 Å². The maximum Gasteiger partial charge on any atom is 0.323 e. The highest BCUT2D eigenvalue weighted by atomic mass is 19.1. The Morgan fingerprint density at radius 2 is 1.53 bits per heavy atom. The second-order valence-electron chi connectivity index (χ2n) is 7.99. The number of urea groups is 1. The summed E-state index contributed by atoms with van der Waals surface area (Å²) in [5.41, 5.74) is 3.30. The lowest BCUT2D eigenvalue weighted by atomic mass is 10.1. The number of amides is 2. The molecule has 0 unspecified atom stereocenters. The number of anilines is 5. The quantitative estimate of drug-likeness (QED) is 0.486. The van der Waals surface area contributed by atoms with Gasteiger partial charge in [-0.1, -0.05) is 6.07 Å². The monoisotopic (exact) mass is 434 g/mol. The van der Waals surface area contributed by atoms with E-state index < -0.39 is 6.03 Å². The summed E-state index contributed by atoms with van der Waals surface area (Å²) in [5.74, 6) is 1.13. The molecule has 2 heterocycles. The van der Waals surface area contributed by atoms with Gasteiger partial charge in [0.15, 0.2) is 0 Å². The van der Waals surface area contributed by atoms with E-state index in [1.165, 1.54) is 25.3 Å². The van der Waals surface area contributed by atoms with Gasteiger partial charge in [-0.2, -0.15) is 4.98 Å². The molecule has 3 N–H and O–H groups in total. The summed E-state index contributed by atoms with van der Waals surface area (Å²) in [6.45, 7) is 5.61. The number of rotatable bonds is 5. The Kier molecular flexibility index (Phi) is 6.49. The van der Waals surface area contributed by atoms with Crippen LogP contribution in [0.1, 0.15) is 30.5 Å². The van der Waals surface area contributed by atoms with Crippen molar-refractivity contribution in [3.05, 3.63) is 65.6 Å². The third-order valence-corrected chi connectivity index (χ3v) is 5.33. The Morgan fingerprint density at radius 1 is 0.875 bits per heavy atom. The number of piperidine rings is 1. The molecule has 0 saturated carbocycles. The first kappa shape index (κ1) is 21.5. The number of benzene rings is 2. The lowest BCUT2D eigenvalue weighted by Gasteiger charge is -2.27. The van der Waals surface area contributed by atoms with Crippen molar-refractivity contribution in [2.24, 2.45) is 0 Å². The van der Waals surface area contributed by atoms with Gasteiger partial charge in [-0.05, 0) is 75.1 Å². The van der Waals surface area contributed by atoms with E-state index >= 15 is 0 Å². The third-order valence-electron chi connectivity index (χ3n) is 5.33. The topological polar surface area (TPSA) is 82.2 Å². The van der Waals surface area contributed by atoms with Crippen LogP contribution in [0.4, 0.5) is 38.0 Å². The molecule has 2 amide bonds. The molecule has 3 aromatic rings. The lowest BCUT2D eigenvalue weighted by molar-refractivity contribution is 0.262. The summed E-state index contributed by atoms with van der Waals surface area (Å²) >= 11 is 0. The number of aromatic nitrogens is 2. The molecule has 1 aromatic heterocycles. The van der Waals surface area contributed by atoms with Crippen molar-refractivity contribution in [2.45, 2.75) is 33.1 Å². The fourth-order valence-corrected chi connectivity index (χ4v) is 3.60. The molecular weight excluding hydrogens is 407 g/mol. The molecule has 0 spiro atoms. The van der Waals surface area contributed by atoms with Crippen LogP contribution in [0, 0.1) is 19.7 Å². The van der Waals surface area contributed by atoms with Crippen LogP contribution in [-0.2, 0) is 0 Å². The van der Waals surface area contributed by atoms with E-state index in [4.69, 9.17) is 0 Å². The van der Waals surface area contributed by atoms with Crippen molar-refractivity contribution in [1.29, 1.82) is 0 Å². The molecule has 1 fully saturated rings. The highest BCUT2D eigenvalue weighted by Crippen LogP contribution is 2.22. The number of halogens is 1. The number of hydrogen-bond acceptors (Lipinski definition) is 5. The zero-order chi connectivity index (χ0) is 22.5. The number of nitrogens with zero attached hydrogens (tertiary/aromatic N) is 3.